The molecule has 5 nitrogen and oxygen atoms in total. The lowest BCUT2D eigenvalue weighted by atomic mass is 10.1. The van der Waals surface area contributed by atoms with Crippen LogP contribution in [0.25, 0.3) is 0 Å². The Morgan fingerprint density at radius 1 is 1.38 bits per heavy atom. The van der Waals surface area contributed by atoms with E-state index in [2.05, 4.69) is 0 Å². The molecule has 0 atom stereocenters. The van der Waals surface area contributed by atoms with E-state index in [0.717, 1.165) is 11.3 Å². The Morgan fingerprint density at radius 2 is 2.14 bits per heavy atom. The van der Waals surface area contributed by atoms with E-state index in [0.29, 0.717) is 30.1 Å². The standard InChI is InChI=1S/C16H20N2O3/c1-4-20-16(19)13-6-5-7-14(17)15(13)18(3)10-12-8-9-21-11(12)2/h5-9H,4,10,17H2,1-3H3. The molecule has 5 heteroatoms. The summed E-state index contributed by atoms with van der Waals surface area (Å²) in [6.45, 7) is 4.62. The molecule has 2 aromatic rings. The summed E-state index contributed by atoms with van der Waals surface area (Å²) < 4.78 is 10.4. The lowest BCUT2D eigenvalue weighted by Gasteiger charge is -2.23. The van der Waals surface area contributed by atoms with Gasteiger partial charge >= 0.3 is 5.97 Å². The molecular weight excluding hydrogens is 268 g/mol. The van der Waals surface area contributed by atoms with Gasteiger partial charge in [-0.3, -0.25) is 0 Å². The first-order valence-corrected chi connectivity index (χ1v) is 6.84. The third kappa shape index (κ3) is 3.18. The number of anilines is 2. The van der Waals surface area contributed by atoms with Crippen molar-refractivity contribution in [2.45, 2.75) is 20.4 Å². The number of furan rings is 1. The summed E-state index contributed by atoms with van der Waals surface area (Å²) in [5.41, 5.74) is 8.80. The third-order valence-corrected chi connectivity index (χ3v) is 3.32. The van der Waals surface area contributed by atoms with Crippen molar-refractivity contribution in [2.75, 3.05) is 24.3 Å². The Bertz CT molecular complexity index is 634. The maximum atomic E-state index is 12.1. The molecule has 1 aromatic heterocycles. The molecule has 0 aliphatic carbocycles. The normalized spacial score (nSPS) is 10.4. The van der Waals surface area contributed by atoms with Crippen molar-refractivity contribution in [1.29, 1.82) is 0 Å². The molecule has 2 rings (SSSR count). The van der Waals surface area contributed by atoms with Crippen molar-refractivity contribution in [2.24, 2.45) is 0 Å². The number of carbonyl (C=O) groups excluding carboxylic acids is 1. The maximum absolute atomic E-state index is 12.1. The zero-order valence-corrected chi connectivity index (χ0v) is 12.6. The van der Waals surface area contributed by atoms with Gasteiger partial charge in [-0.2, -0.15) is 0 Å². The Labute approximate surface area is 124 Å². The van der Waals surface area contributed by atoms with Crippen LogP contribution in [0.15, 0.2) is 34.9 Å². The topological polar surface area (TPSA) is 68.7 Å². The van der Waals surface area contributed by atoms with E-state index in [-0.39, 0.29) is 5.97 Å². The highest BCUT2D eigenvalue weighted by Crippen LogP contribution is 2.29. The summed E-state index contributed by atoms with van der Waals surface area (Å²) in [5.74, 6) is 0.490. The molecule has 1 aromatic carbocycles. The van der Waals surface area contributed by atoms with Crippen molar-refractivity contribution in [3.8, 4) is 0 Å². The average molecular weight is 288 g/mol. The van der Waals surface area contributed by atoms with Crippen LogP contribution in [0.2, 0.25) is 0 Å². The van der Waals surface area contributed by atoms with Crippen LogP contribution in [0.1, 0.15) is 28.6 Å². The summed E-state index contributed by atoms with van der Waals surface area (Å²) >= 11 is 0. The first kappa shape index (κ1) is 15.0. The monoisotopic (exact) mass is 288 g/mol. The van der Waals surface area contributed by atoms with Gasteiger partial charge in [0.05, 0.1) is 29.8 Å². The molecule has 21 heavy (non-hydrogen) atoms. The van der Waals surface area contributed by atoms with Gasteiger partial charge in [-0.15, -0.1) is 0 Å². The van der Waals surface area contributed by atoms with Crippen molar-refractivity contribution < 1.29 is 13.9 Å². The molecule has 0 spiro atoms. The summed E-state index contributed by atoms with van der Waals surface area (Å²) in [7, 11) is 1.89. The number of nitrogens with zero attached hydrogens (tertiary/aromatic N) is 1. The Kier molecular flexibility index (Phi) is 4.52. The molecule has 0 saturated carbocycles. The van der Waals surface area contributed by atoms with E-state index >= 15 is 0 Å². The predicted molar refractivity (Wildman–Crippen MR) is 82.4 cm³/mol. The van der Waals surface area contributed by atoms with Crippen LogP contribution in [0.5, 0.6) is 0 Å². The smallest absolute Gasteiger partial charge is 0.340 e. The second-order valence-corrected chi connectivity index (χ2v) is 4.82. The number of nitrogen functional groups attached to an aromatic ring is 1. The zero-order chi connectivity index (χ0) is 15.4. The van der Waals surface area contributed by atoms with Crippen LogP contribution in [0, 0.1) is 6.92 Å². The fourth-order valence-electron chi connectivity index (χ4n) is 2.27. The summed E-state index contributed by atoms with van der Waals surface area (Å²) in [4.78, 5) is 14.0. The van der Waals surface area contributed by atoms with Gasteiger partial charge in [-0.25, -0.2) is 4.79 Å². The van der Waals surface area contributed by atoms with E-state index in [1.165, 1.54) is 0 Å². The molecule has 0 fully saturated rings. The zero-order valence-electron chi connectivity index (χ0n) is 12.6. The van der Waals surface area contributed by atoms with E-state index in [1.54, 1.807) is 31.4 Å². The number of aryl methyl sites for hydroxylation is 1. The highest BCUT2D eigenvalue weighted by Gasteiger charge is 2.19. The molecule has 0 saturated heterocycles. The van der Waals surface area contributed by atoms with Crippen molar-refractivity contribution in [1.82, 2.24) is 0 Å². The third-order valence-electron chi connectivity index (χ3n) is 3.32. The second kappa shape index (κ2) is 6.35. The van der Waals surface area contributed by atoms with Crippen molar-refractivity contribution >= 4 is 17.3 Å². The molecule has 0 radical (unpaired) electrons. The fourth-order valence-corrected chi connectivity index (χ4v) is 2.27. The molecule has 0 unspecified atom stereocenters. The number of hydrogen-bond donors (Lipinski definition) is 1. The number of carbonyl (C=O) groups is 1. The quantitative estimate of drug-likeness (QED) is 0.676. The molecule has 0 aliphatic rings. The van der Waals surface area contributed by atoms with Crippen LogP contribution >= 0.6 is 0 Å². The second-order valence-electron chi connectivity index (χ2n) is 4.82. The van der Waals surface area contributed by atoms with Crippen molar-refractivity contribution in [3.05, 3.63) is 47.4 Å². The van der Waals surface area contributed by atoms with Gasteiger partial charge in [0.15, 0.2) is 0 Å². The number of hydrogen-bond acceptors (Lipinski definition) is 5. The van der Waals surface area contributed by atoms with Gasteiger partial charge in [-0.1, -0.05) is 6.07 Å². The van der Waals surface area contributed by atoms with Gasteiger partial charge in [0.1, 0.15) is 5.76 Å². The first-order chi connectivity index (χ1) is 10.0. The summed E-state index contributed by atoms with van der Waals surface area (Å²) in [5, 5.41) is 0. The summed E-state index contributed by atoms with van der Waals surface area (Å²) in [6, 6.07) is 7.16. The number of benzene rings is 1. The minimum Gasteiger partial charge on any atom is -0.469 e. The Balaban J connectivity index is 2.33. The number of ether oxygens (including phenoxy) is 1. The highest BCUT2D eigenvalue weighted by molar-refractivity contribution is 5.99. The van der Waals surface area contributed by atoms with Gasteiger partial charge in [0.2, 0.25) is 0 Å². The van der Waals surface area contributed by atoms with Crippen LogP contribution in [0.4, 0.5) is 11.4 Å². The molecule has 0 bridgehead atoms. The van der Waals surface area contributed by atoms with Gasteiger partial charge in [-0.05, 0) is 32.0 Å². The van der Waals surface area contributed by atoms with E-state index in [9.17, 15) is 4.79 Å². The van der Waals surface area contributed by atoms with Gasteiger partial charge in [0.25, 0.3) is 0 Å². The largest absolute Gasteiger partial charge is 0.469 e. The first-order valence-electron chi connectivity index (χ1n) is 6.84. The van der Waals surface area contributed by atoms with Gasteiger partial charge < -0.3 is 19.8 Å². The molecule has 0 amide bonds. The number of rotatable bonds is 5. The predicted octanol–water partition coefficient (Wildman–Crippen LogP) is 2.98. The Morgan fingerprint density at radius 3 is 2.76 bits per heavy atom. The van der Waals surface area contributed by atoms with E-state index in [1.807, 2.05) is 24.9 Å². The lowest BCUT2D eigenvalue weighted by Crippen LogP contribution is -2.21. The maximum Gasteiger partial charge on any atom is 0.340 e. The van der Waals surface area contributed by atoms with Crippen LogP contribution in [-0.4, -0.2) is 19.6 Å². The fraction of sp³-hybridized carbons (Fsp3) is 0.312. The van der Waals surface area contributed by atoms with Crippen molar-refractivity contribution in [3.63, 3.8) is 0 Å². The lowest BCUT2D eigenvalue weighted by molar-refractivity contribution is 0.0527. The number of esters is 1. The van der Waals surface area contributed by atoms with Gasteiger partial charge in [0, 0.05) is 19.2 Å². The minimum absolute atomic E-state index is 0.331. The molecule has 2 N–H and O–H groups in total. The van der Waals surface area contributed by atoms with Crippen LogP contribution < -0.4 is 10.6 Å². The molecule has 112 valence electrons. The summed E-state index contributed by atoms with van der Waals surface area (Å²) in [6.07, 6.45) is 1.65. The van der Waals surface area contributed by atoms with E-state index in [4.69, 9.17) is 14.9 Å². The van der Waals surface area contributed by atoms with E-state index < -0.39 is 0 Å². The number of nitrogens with two attached hydrogens (primary N) is 1. The molecule has 1 heterocycles. The SMILES string of the molecule is CCOC(=O)c1cccc(N)c1N(C)Cc1ccoc1C. The van der Waals surface area contributed by atoms with Crippen LogP contribution in [0.3, 0.4) is 0 Å². The minimum atomic E-state index is -0.365. The molecule has 0 aliphatic heterocycles. The number of para-hydroxylation sites is 1. The average Bonchev–Trinajstić information content (AvgIpc) is 2.84. The Hall–Kier alpha value is -2.43. The van der Waals surface area contributed by atoms with Crippen LogP contribution in [-0.2, 0) is 11.3 Å². The molecular formula is C16H20N2O3. The highest BCUT2D eigenvalue weighted by atomic mass is 16.5.